The Balaban J connectivity index is 1.72. The third kappa shape index (κ3) is 3.08. The number of aliphatic carboxylic acids is 1. The van der Waals surface area contributed by atoms with Gasteiger partial charge >= 0.3 is 5.97 Å². The number of carbonyl (C=O) groups excluding carboxylic acids is 1. The summed E-state index contributed by atoms with van der Waals surface area (Å²) in [6.07, 6.45) is 1.50. The van der Waals surface area contributed by atoms with E-state index in [-0.39, 0.29) is 19.0 Å². The topological polar surface area (TPSA) is 106 Å². The molecule has 0 fully saturated rings. The summed E-state index contributed by atoms with van der Waals surface area (Å²) in [5, 5.41) is 22.2. The summed E-state index contributed by atoms with van der Waals surface area (Å²) >= 11 is 0. The van der Waals surface area contributed by atoms with Crippen LogP contribution in [0.2, 0.25) is 0 Å². The largest absolute Gasteiger partial charge is 0.480 e. The molecule has 0 spiro atoms. The van der Waals surface area contributed by atoms with Crippen LogP contribution in [0.3, 0.4) is 0 Å². The zero-order chi connectivity index (χ0) is 20.9. The zero-order valence-corrected chi connectivity index (χ0v) is 16.7. The van der Waals surface area contributed by atoms with Gasteiger partial charge in [0.25, 0.3) is 5.91 Å². The number of fused-ring (bicyclic) bond motifs is 1. The molecule has 2 aromatic heterocycles. The van der Waals surface area contributed by atoms with Gasteiger partial charge in [-0.05, 0) is 44.9 Å². The second kappa shape index (κ2) is 6.84. The molecule has 0 saturated carbocycles. The van der Waals surface area contributed by atoms with Crippen LogP contribution in [0.4, 0.5) is 0 Å². The first-order valence-corrected chi connectivity index (χ1v) is 9.32. The van der Waals surface area contributed by atoms with Crippen LogP contribution in [-0.4, -0.2) is 52.5 Å². The molecule has 0 radical (unpaired) electrons. The summed E-state index contributed by atoms with van der Waals surface area (Å²) in [5.74, 6) is -0.222. The molecule has 29 heavy (non-hydrogen) atoms. The number of carboxylic acid groups (broad SMARTS) is 1. The molecule has 150 valence electrons. The SMILES string of the molecule is Cc1ccc(C)c(-n2ncc(C(=O)N3Cc4nnc(C)n4CC3C(=O)O)c2C)c1. The summed E-state index contributed by atoms with van der Waals surface area (Å²) < 4.78 is 3.47. The molecule has 1 atom stereocenters. The molecule has 1 aliphatic heterocycles. The monoisotopic (exact) mass is 394 g/mol. The first-order chi connectivity index (χ1) is 13.8. The fraction of sp³-hybridized carbons (Fsp3) is 0.350. The number of benzene rings is 1. The van der Waals surface area contributed by atoms with E-state index in [1.54, 1.807) is 16.2 Å². The van der Waals surface area contributed by atoms with E-state index in [1.807, 2.05) is 39.0 Å². The zero-order valence-electron chi connectivity index (χ0n) is 16.7. The van der Waals surface area contributed by atoms with Crippen molar-refractivity contribution in [2.45, 2.75) is 46.8 Å². The van der Waals surface area contributed by atoms with Crippen molar-refractivity contribution in [2.75, 3.05) is 0 Å². The summed E-state index contributed by atoms with van der Waals surface area (Å²) in [7, 11) is 0. The second-order valence-corrected chi connectivity index (χ2v) is 7.41. The molecule has 1 amide bonds. The first kappa shape index (κ1) is 18.9. The van der Waals surface area contributed by atoms with Crippen LogP contribution < -0.4 is 0 Å². The molecule has 0 saturated heterocycles. The second-order valence-electron chi connectivity index (χ2n) is 7.41. The van der Waals surface area contributed by atoms with Crippen LogP contribution in [0.1, 0.15) is 38.8 Å². The third-order valence-electron chi connectivity index (χ3n) is 5.43. The van der Waals surface area contributed by atoms with Crippen LogP contribution >= 0.6 is 0 Å². The van der Waals surface area contributed by atoms with Crippen LogP contribution in [0.5, 0.6) is 0 Å². The van der Waals surface area contributed by atoms with Crippen molar-refractivity contribution in [1.29, 1.82) is 0 Å². The van der Waals surface area contributed by atoms with Gasteiger partial charge in [0.05, 0.1) is 36.2 Å². The Morgan fingerprint density at radius 1 is 1.14 bits per heavy atom. The van der Waals surface area contributed by atoms with Gasteiger partial charge in [-0.25, -0.2) is 9.48 Å². The summed E-state index contributed by atoms with van der Waals surface area (Å²) in [6.45, 7) is 7.78. The molecule has 9 heteroatoms. The van der Waals surface area contributed by atoms with Crippen molar-refractivity contribution >= 4 is 11.9 Å². The summed E-state index contributed by atoms with van der Waals surface area (Å²) in [6, 6.07) is 5.05. The standard InChI is InChI=1S/C20H22N6O3/c1-11-5-6-12(2)16(7-11)26-13(3)15(8-21-26)19(27)25-10-18-23-22-14(4)24(18)9-17(25)20(28)29/h5-8,17H,9-10H2,1-4H3,(H,28,29). The molecule has 3 heterocycles. The predicted octanol–water partition coefficient (Wildman–Crippen LogP) is 1.81. The van der Waals surface area contributed by atoms with E-state index in [1.165, 1.54) is 11.1 Å². The molecule has 9 nitrogen and oxygen atoms in total. The van der Waals surface area contributed by atoms with Crippen molar-refractivity contribution in [3.8, 4) is 5.69 Å². The van der Waals surface area contributed by atoms with E-state index >= 15 is 0 Å². The molecule has 0 aliphatic carbocycles. The van der Waals surface area contributed by atoms with Crippen molar-refractivity contribution < 1.29 is 14.7 Å². The number of rotatable bonds is 3. The minimum Gasteiger partial charge on any atom is -0.480 e. The van der Waals surface area contributed by atoms with Gasteiger partial charge in [-0.15, -0.1) is 10.2 Å². The quantitative estimate of drug-likeness (QED) is 0.726. The lowest BCUT2D eigenvalue weighted by Gasteiger charge is -2.33. The molecule has 1 unspecified atom stereocenters. The highest BCUT2D eigenvalue weighted by atomic mass is 16.4. The molecule has 3 aromatic rings. The lowest BCUT2D eigenvalue weighted by Crippen LogP contribution is -2.50. The van der Waals surface area contributed by atoms with Gasteiger partial charge in [0.15, 0.2) is 5.82 Å². The normalized spacial score (nSPS) is 16.0. The Labute approximate surface area is 167 Å². The van der Waals surface area contributed by atoms with Crippen LogP contribution in [0.25, 0.3) is 5.69 Å². The first-order valence-electron chi connectivity index (χ1n) is 9.32. The van der Waals surface area contributed by atoms with Crippen LogP contribution in [0.15, 0.2) is 24.4 Å². The Hall–Kier alpha value is -3.49. The smallest absolute Gasteiger partial charge is 0.328 e. The van der Waals surface area contributed by atoms with Crippen LogP contribution in [0, 0.1) is 27.7 Å². The van der Waals surface area contributed by atoms with E-state index < -0.39 is 12.0 Å². The van der Waals surface area contributed by atoms with E-state index in [4.69, 9.17) is 0 Å². The fourth-order valence-electron chi connectivity index (χ4n) is 3.70. The number of amides is 1. The van der Waals surface area contributed by atoms with Crippen molar-refractivity contribution in [1.82, 2.24) is 29.4 Å². The number of aryl methyl sites for hydroxylation is 3. The third-order valence-corrected chi connectivity index (χ3v) is 5.43. The van der Waals surface area contributed by atoms with Gasteiger partial charge in [-0.1, -0.05) is 12.1 Å². The van der Waals surface area contributed by atoms with Gasteiger partial charge < -0.3 is 14.6 Å². The summed E-state index contributed by atoms with van der Waals surface area (Å²) in [4.78, 5) is 26.5. The highest BCUT2D eigenvalue weighted by Crippen LogP contribution is 2.24. The average molecular weight is 394 g/mol. The minimum atomic E-state index is -1.06. The Kier molecular flexibility index (Phi) is 4.45. The Morgan fingerprint density at radius 2 is 1.90 bits per heavy atom. The Morgan fingerprint density at radius 3 is 2.62 bits per heavy atom. The molecular formula is C20H22N6O3. The van der Waals surface area contributed by atoms with Gasteiger partial charge in [0, 0.05) is 0 Å². The van der Waals surface area contributed by atoms with E-state index in [2.05, 4.69) is 15.3 Å². The maximum Gasteiger partial charge on any atom is 0.328 e. The van der Waals surface area contributed by atoms with Crippen molar-refractivity contribution in [2.24, 2.45) is 0 Å². The van der Waals surface area contributed by atoms with Crippen molar-refractivity contribution in [3.05, 3.63) is 58.4 Å². The lowest BCUT2D eigenvalue weighted by atomic mass is 10.1. The van der Waals surface area contributed by atoms with Gasteiger partial charge in [0.1, 0.15) is 11.9 Å². The van der Waals surface area contributed by atoms with Gasteiger partial charge in [0.2, 0.25) is 0 Å². The molecule has 0 bridgehead atoms. The minimum absolute atomic E-state index is 0.0880. The lowest BCUT2D eigenvalue weighted by molar-refractivity contribution is -0.143. The number of aromatic nitrogens is 5. The number of carbonyl (C=O) groups is 2. The van der Waals surface area contributed by atoms with Crippen molar-refractivity contribution in [3.63, 3.8) is 0 Å². The maximum absolute atomic E-state index is 13.3. The highest BCUT2D eigenvalue weighted by molar-refractivity contribution is 5.97. The highest BCUT2D eigenvalue weighted by Gasteiger charge is 2.37. The van der Waals surface area contributed by atoms with E-state index in [0.717, 1.165) is 16.8 Å². The molecule has 1 aliphatic rings. The number of carboxylic acids is 1. The van der Waals surface area contributed by atoms with E-state index in [0.29, 0.717) is 22.9 Å². The fourth-order valence-corrected chi connectivity index (χ4v) is 3.70. The number of hydrogen-bond donors (Lipinski definition) is 1. The molecular weight excluding hydrogens is 372 g/mol. The average Bonchev–Trinajstić information content (AvgIpc) is 3.25. The van der Waals surface area contributed by atoms with Crippen LogP contribution in [-0.2, 0) is 17.9 Å². The van der Waals surface area contributed by atoms with E-state index in [9.17, 15) is 14.7 Å². The molecule has 1 N–H and O–H groups in total. The van der Waals surface area contributed by atoms with Gasteiger partial charge in [-0.3, -0.25) is 4.79 Å². The molecule has 4 rings (SSSR count). The molecule has 1 aromatic carbocycles. The summed E-state index contributed by atoms with van der Waals surface area (Å²) in [5.41, 5.74) is 4.05. The number of hydrogen-bond acceptors (Lipinski definition) is 5. The number of nitrogens with zero attached hydrogens (tertiary/aromatic N) is 6. The van der Waals surface area contributed by atoms with Gasteiger partial charge in [-0.2, -0.15) is 5.10 Å². The predicted molar refractivity (Wildman–Crippen MR) is 104 cm³/mol. The maximum atomic E-state index is 13.3. The Bertz CT molecular complexity index is 1130.